The molecular formula is C21H20F2O2. The van der Waals surface area contributed by atoms with E-state index >= 15 is 0 Å². The van der Waals surface area contributed by atoms with Gasteiger partial charge in [-0.3, -0.25) is 4.79 Å². The number of carbonyl (C=O) groups is 1. The van der Waals surface area contributed by atoms with Gasteiger partial charge in [-0.15, -0.1) is 0 Å². The smallest absolute Gasteiger partial charge is 0.317 e. The Morgan fingerprint density at radius 1 is 1.12 bits per heavy atom. The lowest BCUT2D eigenvalue weighted by atomic mass is 9.85. The van der Waals surface area contributed by atoms with Gasteiger partial charge in [0.1, 0.15) is 5.41 Å². The van der Waals surface area contributed by atoms with Crippen LogP contribution >= 0.6 is 0 Å². The molecule has 0 radical (unpaired) electrons. The molecule has 3 rings (SSSR count). The zero-order valence-electron chi connectivity index (χ0n) is 14.0. The number of alkyl halides is 2. The van der Waals surface area contributed by atoms with E-state index in [0.717, 1.165) is 5.56 Å². The third-order valence-electron chi connectivity index (χ3n) is 4.89. The van der Waals surface area contributed by atoms with Crippen LogP contribution in [0.15, 0.2) is 66.7 Å². The molecule has 0 spiro atoms. The Morgan fingerprint density at radius 2 is 1.72 bits per heavy atom. The van der Waals surface area contributed by atoms with Crippen LogP contribution in [0.3, 0.4) is 0 Å². The average molecular weight is 342 g/mol. The first-order chi connectivity index (χ1) is 12.1. The largest absolute Gasteiger partial charge is 0.465 e. The molecule has 2 atom stereocenters. The van der Waals surface area contributed by atoms with Crippen LogP contribution in [0.1, 0.15) is 24.5 Å². The summed E-state index contributed by atoms with van der Waals surface area (Å²) in [7, 11) is 0. The number of carbonyl (C=O) groups excluding carboxylic acids is 1. The first kappa shape index (κ1) is 17.3. The summed E-state index contributed by atoms with van der Waals surface area (Å²) >= 11 is 0. The molecule has 0 aromatic heterocycles. The highest BCUT2D eigenvalue weighted by Gasteiger charge is 2.76. The van der Waals surface area contributed by atoms with Gasteiger partial charge in [-0.25, -0.2) is 8.78 Å². The van der Waals surface area contributed by atoms with Gasteiger partial charge in [0.05, 0.1) is 12.0 Å². The number of rotatable bonds is 6. The van der Waals surface area contributed by atoms with Crippen molar-refractivity contribution in [3.05, 3.63) is 77.9 Å². The van der Waals surface area contributed by atoms with Crippen molar-refractivity contribution in [3.8, 4) is 0 Å². The third kappa shape index (κ3) is 2.86. The van der Waals surface area contributed by atoms with Crippen LogP contribution in [-0.4, -0.2) is 19.0 Å². The predicted octanol–water partition coefficient (Wildman–Crippen LogP) is 4.86. The maximum absolute atomic E-state index is 14.1. The SMILES string of the molecule is CCOC(=O)[C@]1(/C=C/c2ccccc2)C[C@]1(c1ccccc1)C(F)F. The van der Waals surface area contributed by atoms with Crippen molar-refractivity contribution in [2.75, 3.05) is 6.61 Å². The molecule has 1 aliphatic rings. The van der Waals surface area contributed by atoms with Crippen LogP contribution < -0.4 is 0 Å². The van der Waals surface area contributed by atoms with Crippen LogP contribution in [0, 0.1) is 5.41 Å². The minimum atomic E-state index is -2.67. The Bertz CT molecular complexity index is 758. The Labute approximate surface area is 146 Å². The van der Waals surface area contributed by atoms with Crippen molar-refractivity contribution < 1.29 is 18.3 Å². The van der Waals surface area contributed by atoms with Gasteiger partial charge in [-0.2, -0.15) is 0 Å². The minimum Gasteiger partial charge on any atom is -0.465 e. The first-order valence-electron chi connectivity index (χ1n) is 8.32. The fraction of sp³-hybridized carbons (Fsp3) is 0.286. The summed E-state index contributed by atoms with van der Waals surface area (Å²) in [6.07, 6.45) is 0.701. The van der Waals surface area contributed by atoms with Crippen LogP contribution in [0.4, 0.5) is 8.78 Å². The summed E-state index contributed by atoms with van der Waals surface area (Å²) in [6.45, 7) is 1.84. The maximum atomic E-state index is 14.1. The second kappa shape index (κ2) is 6.79. The molecule has 0 heterocycles. The quantitative estimate of drug-likeness (QED) is 0.701. The van der Waals surface area contributed by atoms with Crippen LogP contribution in [-0.2, 0) is 14.9 Å². The van der Waals surface area contributed by atoms with Gasteiger partial charge >= 0.3 is 5.97 Å². The van der Waals surface area contributed by atoms with Crippen molar-refractivity contribution in [1.82, 2.24) is 0 Å². The molecule has 1 saturated carbocycles. The number of hydrogen-bond acceptors (Lipinski definition) is 2. The lowest BCUT2D eigenvalue weighted by Gasteiger charge is -2.22. The van der Waals surface area contributed by atoms with E-state index in [1.165, 1.54) is 0 Å². The number of benzene rings is 2. The summed E-state index contributed by atoms with van der Waals surface area (Å²) in [5.41, 5.74) is -1.55. The molecule has 2 aromatic rings. The van der Waals surface area contributed by atoms with Gasteiger partial charge in [0.2, 0.25) is 6.43 Å². The van der Waals surface area contributed by atoms with Gasteiger partial charge in [0.25, 0.3) is 0 Å². The number of ether oxygens (including phenoxy) is 1. The summed E-state index contributed by atoms with van der Waals surface area (Å²) < 4.78 is 33.4. The molecular weight excluding hydrogens is 322 g/mol. The van der Waals surface area contributed by atoms with Crippen LogP contribution in [0.2, 0.25) is 0 Å². The maximum Gasteiger partial charge on any atom is 0.317 e. The van der Waals surface area contributed by atoms with Crippen molar-refractivity contribution >= 4 is 12.0 Å². The molecule has 0 amide bonds. The Morgan fingerprint density at radius 3 is 2.28 bits per heavy atom. The summed E-state index contributed by atoms with van der Waals surface area (Å²) in [5.74, 6) is -0.591. The highest BCUT2D eigenvalue weighted by Crippen LogP contribution is 2.69. The average Bonchev–Trinajstić information content (AvgIpc) is 3.34. The van der Waals surface area contributed by atoms with Gasteiger partial charge in [0, 0.05) is 0 Å². The molecule has 25 heavy (non-hydrogen) atoms. The van der Waals surface area contributed by atoms with Crippen molar-refractivity contribution in [3.63, 3.8) is 0 Å². The second-order valence-corrected chi connectivity index (χ2v) is 6.25. The summed E-state index contributed by atoms with van der Waals surface area (Å²) in [5, 5.41) is 0. The van der Waals surface area contributed by atoms with E-state index in [0.29, 0.717) is 5.56 Å². The molecule has 0 aliphatic heterocycles. The lowest BCUT2D eigenvalue weighted by Crippen LogP contribution is -2.32. The molecule has 0 saturated heterocycles. The van der Waals surface area contributed by atoms with E-state index in [1.807, 2.05) is 30.3 Å². The van der Waals surface area contributed by atoms with Crippen LogP contribution in [0.5, 0.6) is 0 Å². The molecule has 0 unspecified atom stereocenters. The zero-order chi connectivity index (χ0) is 17.9. The topological polar surface area (TPSA) is 26.3 Å². The fourth-order valence-electron chi connectivity index (χ4n) is 3.48. The molecule has 1 fully saturated rings. The highest BCUT2D eigenvalue weighted by atomic mass is 19.3. The third-order valence-corrected chi connectivity index (χ3v) is 4.89. The van der Waals surface area contributed by atoms with Gasteiger partial charge in [0.15, 0.2) is 0 Å². The Balaban J connectivity index is 2.05. The molecule has 130 valence electrons. The highest BCUT2D eigenvalue weighted by molar-refractivity contribution is 5.88. The van der Waals surface area contributed by atoms with E-state index in [9.17, 15) is 13.6 Å². The van der Waals surface area contributed by atoms with Gasteiger partial charge in [-0.1, -0.05) is 72.8 Å². The number of esters is 1. The van der Waals surface area contributed by atoms with E-state index in [2.05, 4.69) is 0 Å². The molecule has 1 aliphatic carbocycles. The molecule has 2 aromatic carbocycles. The minimum absolute atomic E-state index is 0.0455. The van der Waals surface area contributed by atoms with Crippen molar-refractivity contribution in [2.45, 2.75) is 25.2 Å². The second-order valence-electron chi connectivity index (χ2n) is 6.25. The van der Waals surface area contributed by atoms with Gasteiger partial charge in [-0.05, 0) is 24.5 Å². The number of halogens is 2. The predicted molar refractivity (Wildman–Crippen MR) is 93.3 cm³/mol. The van der Waals surface area contributed by atoms with Crippen molar-refractivity contribution in [2.24, 2.45) is 5.41 Å². The van der Waals surface area contributed by atoms with Gasteiger partial charge < -0.3 is 4.74 Å². The standard InChI is InChI=1S/C21H20F2O2/c1-2-25-19(24)20(14-13-16-9-5-3-6-10-16)15-21(20,18(22)23)17-11-7-4-8-12-17/h3-14,18H,2,15H2,1H3/b14-13+/t20-,21-/m0/s1. The fourth-order valence-corrected chi connectivity index (χ4v) is 3.48. The first-order valence-corrected chi connectivity index (χ1v) is 8.32. The Kier molecular flexibility index (Phi) is 4.71. The molecule has 0 N–H and O–H groups in total. The van der Waals surface area contributed by atoms with E-state index in [-0.39, 0.29) is 13.0 Å². The Hall–Kier alpha value is -2.49. The molecule has 0 bridgehead atoms. The number of hydrogen-bond donors (Lipinski definition) is 0. The summed E-state index contributed by atoms with van der Waals surface area (Å²) in [6, 6.07) is 17.9. The normalized spacial score (nSPS) is 25.3. The lowest BCUT2D eigenvalue weighted by molar-refractivity contribution is -0.149. The van der Waals surface area contributed by atoms with E-state index in [4.69, 9.17) is 4.74 Å². The molecule has 4 heteroatoms. The van der Waals surface area contributed by atoms with E-state index in [1.54, 1.807) is 49.4 Å². The molecule has 2 nitrogen and oxygen atoms in total. The summed E-state index contributed by atoms with van der Waals surface area (Å²) in [4.78, 5) is 12.6. The van der Waals surface area contributed by atoms with Crippen LogP contribution in [0.25, 0.3) is 6.08 Å². The van der Waals surface area contributed by atoms with E-state index < -0.39 is 23.2 Å². The van der Waals surface area contributed by atoms with Crippen molar-refractivity contribution in [1.29, 1.82) is 0 Å². The zero-order valence-corrected chi connectivity index (χ0v) is 14.0. The monoisotopic (exact) mass is 342 g/mol.